The third-order valence-corrected chi connectivity index (χ3v) is 5.12. The molecule has 0 aromatic rings. The second-order valence-electron chi connectivity index (χ2n) is 5.11. The number of hydrogen-bond donors (Lipinski definition) is 1. The topological polar surface area (TPSA) is 102 Å². The summed E-state index contributed by atoms with van der Waals surface area (Å²) in [5, 5.41) is 12.5. The first-order valence-electron chi connectivity index (χ1n) is 6.86. The Labute approximate surface area is 137 Å². The summed E-state index contributed by atoms with van der Waals surface area (Å²) in [6.07, 6.45) is -0.173. The van der Waals surface area contributed by atoms with Crippen LogP contribution in [0.5, 0.6) is 0 Å². The van der Waals surface area contributed by atoms with Gasteiger partial charge in [0, 0.05) is 30.4 Å². The Kier molecular flexibility index (Phi) is 7.97. The fourth-order valence-electron chi connectivity index (χ4n) is 1.94. The monoisotopic (exact) mass is 351 g/mol. The van der Waals surface area contributed by atoms with Crippen molar-refractivity contribution >= 4 is 34.5 Å². The third kappa shape index (κ3) is 6.41. The minimum Gasteiger partial charge on any atom is -0.317 e. The van der Waals surface area contributed by atoms with Crippen molar-refractivity contribution in [1.82, 2.24) is 10.2 Å². The van der Waals surface area contributed by atoms with E-state index in [0.29, 0.717) is 11.6 Å². The van der Waals surface area contributed by atoms with Gasteiger partial charge in [-0.3, -0.25) is 14.9 Å². The van der Waals surface area contributed by atoms with E-state index in [1.165, 1.54) is 6.92 Å². The van der Waals surface area contributed by atoms with Crippen molar-refractivity contribution in [2.45, 2.75) is 33.0 Å². The maximum atomic E-state index is 12.4. The molecule has 10 heteroatoms. The summed E-state index contributed by atoms with van der Waals surface area (Å²) in [6, 6.07) is -0.244. The smallest absolute Gasteiger partial charge is 0.294 e. The quantitative estimate of drug-likeness (QED) is 0.509. The van der Waals surface area contributed by atoms with Gasteiger partial charge in [-0.15, -0.1) is 21.9 Å². The zero-order valence-corrected chi connectivity index (χ0v) is 14.4. The van der Waals surface area contributed by atoms with Crippen LogP contribution in [0, 0.1) is 16.0 Å². The SMILES string of the molecule is CC(=O)SCC(C)C(=O)N1CSCC1NC(C)CO[N+](=O)[O-]. The van der Waals surface area contributed by atoms with Crippen LogP contribution in [0.15, 0.2) is 0 Å². The van der Waals surface area contributed by atoms with E-state index in [1.807, 2.05) is 0 Å². The number of amides is 1. The van der Waals surface area contributed by atoms with Gasteiger partial charge in [0.15, 0.2) is 5.12 Å². The molecule has 1 aliphatic heterocycles. The summed E-state index contributed by atoms with van der Waals surface area (Å²) < 4.78 is 0. The van der Waals surface area contributed by atoms with E-state index in [1.54, 1.807) is 30.5 Å². The van der Waals surface area contributed by atoms with Gasteiger partial charge in [0.2, 0.25) is 5.91 Å². The molecule has 1 heterocycles. The molecule has 0 bridgehead atoms. The number of thioether (sulfide) groups is 2. The van der Waals surface area contributed by atoms with Crippen molar-refractivity contribution in [3.8, 4) is 0 Å². The largest absolute Gasteiger partial charge is 0.317 e. The van der Waals surface area contributed by atoms with Gasteiger partial charge < -0.3 is 9.74 Å². The summed E-state index contributed by atoms with van der Waals surface area (Å²) in [6.45, 7) is 4.99. The summed E-state index contributed by atoms with van der Waals surface area (Å²) in [7, 11) is 0. The van der Waals surface area contributed by atoms with Gasteiger partial charge in [-0.2, -0.15) is 0 Å². The van der Waals surface area contributed by atoms with E-state index in [4.69, 9.17) is 0 Å². The van der Waals surface area contributed by atoms with Crippen molar-refractivity contribution in [3.63, 3.8) is 0 Å². The van der Waals surface area contributed by atoms with Gasteiger partial charge in [-0.1, -0.05) is 18.7 Å². The van der Waals surface area contributed by atoms with Crippen molar-refractivity contribution in [2.24, 2.45) is 5.92 Å². The normalized spacial score (nSPS) is 20.5. The number of carbonyl (C=O) groups is 2. The second kappa shape index (κ2) is 9.21. The molecule has 1 rings (SSSR count). The molecule has 0 spiro atoms. The minimum absolute atomic E-state index is 0.00401. The zero-order valence-electron chi connectivity index (χ0n) is 12.8. The third-order valence-electron chi connectivity index (χ3n) is 3.03. The van der Waals surface area contributed by atoms with E-state index in [9.17, 15) is 19.7 Å². The summed E-state index contributed by atoms with van der Waals surface area (Å²) >= 11 is 2.77. The number of carbonyl (C=O) groups excluding carboxylic acids is 2. The molecule has 1 fully saturated rings. The van der Waals surface area contributed by atoms with Crippen LogP contribution in [0.25, 0.3) is 0 Å². The van der Waals surface area contributed by atoms with Crippen LogP contribution < -0.4 is 5.32 Å². The van der Waals surface area contributed by atoms with Crippen LogP contribution in [0.3, 0.4) is 0 Å². The van der Waals surface area contributed by atoms with Crippen LogP contribution in [0.2, 0.25) is 0 Å². The maximum absolute atomic E-state index is 12.4. The first kappa shape index (κ1) is 19.0. The highest BCUT2D eigenvalue weighted by Gasteiger charge is 2.32. The molecule has 0 aromatic carbocycles. The van der Waals surface area contributed by atoms with Crippen molar-refractivity contribution in [2.75, 3.05) is 24.0 Å². The highest BCUT2D eigenvalue weighted by atomic mass is 32.2. The van der Waals surface area contributed by atoms with Crippen molar-refractivity contribution < 1.29 is 19.5 Å². The Bertz CT molecular complexity index is 424. The summed E-state index contributed by atoms with van der Waals surface area (Å²) in [5.41, 5.74) is 0. The molecule has 3 atom stereocenters. The Balaban J connectivity index is 2.49. The molecule has 1 amide bonds. The molecule has 8 nitrogen and oxygen atoms in total. The van der Waals surface area contributed by atoms with Gasteiger partial charge in [0.25, 0.3) is 5.09 Å². The lowest BCUT2D eigenvalue weighted by molar-refractivity contribution is -0.758. The predicted octanol–water partition coefficient (Wildman–Crippen LogP) is 0.948. The molecular weight excluding hydrogens is 330 g/mol. The highest BCUT2D eigenvalue weighted by molar-refractivity contribution is 8.13. The Morgan fingerprint density at radius 1 is 1.55 bits per heavy atom. The molecular formula is C12H21N3O5S2. The zero-order chi connectivity index (χ0) is 16.7. The van der Waals surface area contributed by atoms with E-state index in [2.05, 4.69) is 10.2 Å². The average molecular weight is 351 g/mol. The van der Waals surface area contributed by atoms with Crippen LogP contribution >= 0.6 is 23.5 Å². The van der Waals surface area contributed by atoms with E-state index in [0.717, 1.165) is 17.5 Å². The molecule has 0 saturated carbocycles. The van der Waals surface area contributed by atoms with Crippen LogP contribution in [-0.4, -0.2) is 57.2 Å². The molecule has 0 aromatic heterocycles. The standard InChI is InChI=1S/C12H21N3O5S2/c1-8(5-22-10(3)16)12(17)14-7-21-6-11(14)13-9(2)4-20-15(18)19/h8-9,11,13H,4-7H2,1-3H3. The number of rotatable bonds is 8. The first-order chi connectivity index (χ1) is 10.3. The molecule has 0 radical (unpaired) electrons. The van der Waals surface area contributed by atoms with Crippen LogP contribution in [0.4, 0.5) is 0 Å². The minimum atomic E-state index is -0.828. The summed E-state index contributed by atoms with van der Waals surface area (Å²) in [5.74, 6) is 1.50. The van der Waals surface area contributed by atoms with Crippen molar-refractivity contribution in [1.29, 1.82) is 0 Å². The fourth-order valence-corrected chi connectivity index (χ4v) is 3.68. The molecule has 126 valence electrons. The van der Waals surface area contributed by atoms with Crippen molar-refractivity contribution in [3.05, 3.63) is 10.1 Å². The lowest BCUT2D eigenvalue weighted by atomic mass is 10.2. The highest BCUT2D eigenvalue weighted by Crippen LogP contribution is 2.23. The van der Waals surface area contributed by atoms with Gasteiger partial charge in [-0.25, -0.2) is 0 Å². The van der Waals surface area contributed by atoms with Crippen LogP contribution in [-0.2, 0) is 14.4 Å². The molecule has 1 saturated heterocycles. The average Bonchev–Trinajstić information content (AvgIpc) is 2.89. The molecule has 3 unspecified atom stereocenters. The van der Waals surface area contributed by atoms with Gasteiger partial charge in [0.1, 0.15) is 6.61 Å². The molecule has 1 N–H and O–H groups in total. The Morgan fingerprint density at radius 3 is 2.82 bits per heavy atom. The van der Waals surface area contributed by atoms with Gasteiger partial charge in [0.05, 0.1) is 12.0 Å². The predicted molar refractivity (Wildman–Crippen MR) is 85.8 cm³/mol. The molecule has 1 aliphatic rings. The van der Waals surface area contributed by atoms with Gasteiger partial charge >= 0.3 is 0 Å². The van der Waals surface area contributed by atoms with Crippen LogP contribution in [0.1, 0.15) is 20.8 Å². The van der Waals surface area contributed by atoms with Gasteiger partial charge in [-0.05, 0) is 6.92 Å². The fraction of sp³-hybridized carbons (Fsp3) is 0.833. The first-order valence-corrected chi connectivity index (χ1v) is 9.00. The Morgan fingerprint density at radius 2 is 2.23 bits per heavy atom. The van der Waals surface area contributed by atoms with E-state index in [-0.39, 0.29) is 35.8 Å². The Hall–Kier alpha value is -1.00. The molecule has 22 heavy (non-hydrogen) atoms. The van der Waals surface area contributed by atoms with E-state index < -0.39 is 5.09 Å². The lowest BCUT2D eigenvalue weighted by Gasteiger charge is -2.29. The summed E-state index contributed by atoms with van der Waals surface area (Å²) in [4.78, 5) is 39.6. The lowest BCUT2D eigenvalue weighted by Crippen LogP contribution is -2.51. The number of nitrogens with one attached hydrogen (secondary N) is 1. The second-order valence-corrected chi connectivity index (χ2v) is 7.31. The number of hydrogen-bond acceptors (Lipinski definition) is 8. The van der Waals surface area contributed by atoms with E-state index >= 15 is 0 Å². The number of nitrogens with zero attached hydrogens (tertiary/aromatic N) is 2. The molecule has 0 aliphatic carbocycles. The maximum Gasteiger partial charge on any atom is 0.294 e.